The number of ether oxygens (including phenoxy) is 1. The number of sulfonamides is 1. The maximum absolute atomic E-state index is 13.2. The molecule has 4 rings (SSSR count). The Kier molecular flexibility index (Phi) is 6.53. The van der Waals surface area contributed by atoms with E-state index in [1.54, 1.807) is 42.5 Å². The normalized spacial score (nSPS) is 12.4. The monoisotopic (exact) mass is 460 g/mol. The van der Waals surface area contributed by atoms with E-state index in [0.29, 0.717) is 27.7 Å². The minimum atomic E-state index is -3.77. The maximum atomic E-state index is 13.2. The van der Waals surface area contributed by atoms with Gasteiger partial charge in [0.1, 0.15) is 6.10 Å². The Labute approximate surface area is 193 Å². The Morgan fingerprint density at radius 2 is 1.61 bits per heavy atom. The van der Waals surface area contributed by atoms with Crippen molar-refractivity contribution in [2.24, 2.45) is 0 Å². The summed E-state index contributed by atoms with van der Waals surface area (Å²) in [7, 11) is -3.77. The highest BCUT2D eigenvalue weighted by atomic mass is 32.2. The number of carbonyl (C=O) groups excluding carboxylic acids is 1. The van der Waals surface area contributed by atoms with E-state index in [1.165, 1.54) is 0 Å². The van der Waals surface area contributed by atoms with Crippen molar-refractivity contribution in [1.29, 1.82) is 0 Å². The van der Waals surface area contributed by atoms with Crippen molar-refractivity contribution in [2.75, 3.05) is 6.54 Å². The summed E-state index contributed by atoms with van der Waals surface area (Å²) >= 11 is 0. The van der Waals surface area contributed by atoms with Crippen LogP contribution in [0.4, 0.5) is 0 Å². The van der Waals surface area contributed by atoms with Crippen LogP contribution in [0.2, 0.25) is 0 Å². The molecule has 4 aromatic rings. The number of para-hydroxylation sites is 1. The molecular weight excluding hydrogens is 436 g/mol. The van der Waals surface area contributed by atoms with Gasteiger partial charge < -0.3 is 4.74 Å². The molecule has 0 aliphatic rings. The Morgan fingerprint density at radius 1 is 0.939 bits per heavy atom. The van der Waals surface area contributed by atoms with E-state index >= 15 is 0 Å². The third kappa shape index (κ3) is 5.27. The van der Waals surface area contributed by atoms with Crippen molar-refractivity contribution >= 4 is 26.9 Å². The zero-order valence-corrected chi connectivity index (χ0v) is 19.2. The summed E-state index contributed by atoms with van der Waals surface area (Å²) in [5.41, 5.74) is 3.43. The van der Waals surface area contributed by atoms with E-state index in [-0.39, 0.29) is 11.4 Å². The molecule has 0 saturated heterocycles. The molecule has 0 aliphatic carbocycles. The lowest BCUT2D eigenvalue weighted by molar-refractivity contribution is 0.0310. The lowest BCUT2D eigenvalue weighted by Gasteiger charge is -2.20. The van der Waals surface area contributed by atoms with E-state index in [0.717, 1.165) is 5.56 Å². The average Bonchev–Trinajstić information content (AvgIpc) is 2.82. The topological polar surface area (TPSA) is 85.4 Å². The van der Waals surface area contributed by atoms with Crippen LogP contribution in [0.3, 0.4) is 0 Å². The minimum Gasteiger partial charge on any atom is -0.452 e. The second-order valence-electron chi connectivity index (χ2n) is 7.80. The van der Waals surface area contributed by atoms with Crippen molar-refractivity contribution in [3.8, 4) is 0 Å². The van der Waals surface area contributed by atoms with Gasteiger partial charge in [-0.1, -0.05) is 66.2 Å². The third-order valence-electron chi connectivity index (χ3n) is 5.27. The summed E-state index contributed by atoms with van der Waals surface area (Å²) in [6, 6.07) is 24.7. The molecule has 7 heteroatoms. The molecule has 0 radical (unpaired) electrons. The first kappa shape index (κ1) is 22.6. The van der Waals surface area contributed by atoms with Crippen molar-refractivity contribution in [3.63, 3.8) is 0 Å². The smallest absolute Gasteiger partial charge is 0.339 e. The second kappa shape index (κ2) is 9.52. The van der Waals surface area contributed by atoms with E-state index in [2.05, 4.69) is 9.71 Å². The summed E-state index contributed by atoms with van der Waals surface area (Å²) in [4.78, 5) is 17.8. The van der Waals surface area contributed by atoms with Crippen molar-refractivity contribution < 1.29 is 17.9 Å². The first-order valence-corrected chi connectivity index (χ1v) is 12.0. The fourth-order valence-electron chi connectivity index (χ4n) is 3.55. The van der Waals surface area contributed by atoms with Gasteiger partial charge in [-0.05, 0) is 43.7 Å². The largest absolute Gasteiger partial charge is 0.452 e. The summed E-state index contributed by atoms with van der Waals surface area (Å²) in [5.74, 6) is -0.542. The van der Waals surface area contributed by atoms with Crippen LogP contribution < -0.4 is 4.72 Å². The predicted octanol–water partition coefficient (Wildman–Crippen LogP) is 4.73. The van der Waals surface area contributed by atoms with Gasteiger partial charge in [0.25, 0.3) is 0 Å². The number of hydrogen-bond donors (Lipinski definition) is 1. The Morgan fingerprint density at radius 3 is 2.33 bits per heavy atom. The standard InChI is InChI=1S/C26H24N2O4S/c1-18-12-14-21(15-13-18)33(30,31)27-17-25(20-8-4-3-5-9-20)32-26(29)23-16-19(2)28-24-11-7-6-10-22(23)24/h3-16,25,27H,17H2,1-2H3/t25-/m1/s1. The van der Waals surface area contributed by atoms with Gasteiger partial charge in [0.2, 0.25) is 10.0 Å². The molecule has 0 aliphatic heterocycles. The van der Waals surface area contributed by atoms with Crippen LogP contribution in [0, 0.1) is 13.8 Å². The molecule has 1 aromatic heterocycles. The zero-order chi connectivity index (χ0) is 23.4. The Bertz CT molecular complexity index is 1390. The molecule has 33 heavy (non-hydrogen) atoms. The van der Waals surface area contributed by atoms with Crippen LogP contribution >= 0.6 is 0 Å². The summed E-state index contributed by atoms with van der Waals surface area (Å²) in [5, 5.41) is 0.681. The fourth-order valence-corrected chi connectivity index (χ4v) is 4.58. The minimum absolute atomic E-state index is 0.103. The predicted molar refractivity (Wildman–Crippen MR) is 127 cm³/mol. The number of aromatic nitrogens is 1. The molecule has 0 saturated carbocycles. The number of aryl methyl sites for hydroxylation is 2. The van der Waals surface area contributed by atoms with Gasteiger partial charge >= 0.3 is 5.97 Å². The van der Waals surface area contributed by atoms with E-state index in [4.69, 9.17) is 4.74 Å². The molecule has 0 fully saturated rings. The Balaban J connectivity index is 1.61. The molecule has 0 bridgehead atoms. The fraction of sp³-hybridized carbons (Fsp3) is 0.154. The van der Waals surface area contributed by atoms with Gasteiger partial charge in [0, 0.05) is 11.1 Å². The highest BCUT2D eigenvalue weighted by Crippen LogP contribution is 2.24. The number of esters is 1. The van der Waals surface area contributed by atoms with Crippen LogP contribution in [0.5, 0.6) is 0 Å². The highest BCUT2D eigenvalue weighted by Gasteiger charge is 2.23. The van der Waals surface area contributed by atoms with Gasteiger partial charge in [-0.2, -0.15) is 0 Å². The molecule has 1 N–H and O–H groups in total. The van der Waals surface area contributed by atoms with Gasteiger partial charge in [0.05, 0.1) is 22.5 Å². The number of pyridine rings is 1. The number of hydrogen-bond acceptors (Lipinski definition) is 5. The van der Waals surface area contributed by atoms with Gasteiger partial charge in [0.15, 0.2) is 0 Å². The molecule has 0 spiro atoms. The summed E-state index contributed by atoms with van der Waals surface area (Å²) in [6.07, 6.45) is -0.814. The van der Waals surface area contributed by atoms with Gasteiger partial charge in [-0.25, -0.2) is 17.9 Å². The second-order valence-corrected chi connectivity index (χ2v) is 9.56. The zero-order valence-electron chi connectivity index (χ0n) is 18.4. The van der Waals surface area contributed by atoms with E-state index in [9.17, 15) is 13.2 Å². The highest BCUT2D eigenvalue weighted by molar-refractivity contribution is 7.89. The summed E-state index contributed by atoms with van der Waals surface area (Å²) < 4.78 is 34.0. The SMILES string of the molecule is Cc1ccc(S(=O)(=O)NC[C@@H](OC(=O)c2cc(C)nc3ccccc23)c2ccccc2)cc1. The quantitative estimate of drug-likeness (QED) is 0.403. The van der Waals surface area contributed by atoms with Crippen LogP contribution in [-0.4, -0.2) is 25.9 Å². The number of nitrogens with zero attached hydrogens (tertiary/aromatic N) is 1. The lowest BCUT2D eigenvalue weighted by Crippen LogP contribution is -2.30. The van der Waals surface area contributed by atoms with Crippen LogP contribution in [0.25, 0.3) is 10.9 Å². The number of benzene rings is 3. The van der Waals surface area contributed by atoms with E-state index < -0.39 is 22.1 Å². The number of rotatable bonds is 7. The van der Waals surface area contributed by atoms with Gasteiger partial charge in [-0.15, -0.1) is 0 Å². The van der Waals surface area contributed by atoms with Gasteiger partial charge in [-0.3, -0.25) is 4.98 Å². The number of nitrogens with one attached hydrogen (secondary N) is 1. The third-order valence-corrected chi connectivity index (χ3v) is 6.71. The molecule has 0 unspecified atom stereocenters. The lowest BCUT2D eigenvalue weighted by atomic mass is 10.1. The maximum Gasteiger partial charge on any atom is 0.339 e. The van der Waals surface area contributed by atoms with Crippen LogP contribution in [0.15, 0.2) is 89.8 Å². The molecule has 3 aromatic carbocycles. The van der Waals surface area contributed by atoms with Crippen LogP contribution in [0.1, 0.15) is 33.3 Å². The molecular formula is C26H24N2O4S. The number of carbonyl (C=O) groups is 1. The average molecular weight is 461 g/mol. The first-order valence-electron chi connectivity index (χ1n) is 10.5. The van der Waals surface area contributed by atoms with Crippen molar-refractivity contribution in [1.82, 2.24) is 9.71 Å². The Hall–Kier alpha value is -3.55. The number of fused-ring (bicyclic) bond motifs is 1. The van der Waals surface area contributed by atoms with Crippen molar-refractivity contribution in [2.45, 2.75) is 24.8 Å². The molecule has 0 amide bonds. The van der Waals surface area contributed by atoms with E-state index in [1.807, 2.05) is 56.3 Å². The molecule has 168 valence electrons. The van der Waals surface area contributed by atoms with Crippen molar-refractivity contribution in [3.05, 3.63) is 107 Å². The summed E-state index contributed by atoms with van der Waals surface area (Å²) in [6.45, 7) is 3.60. The first-order chi connectivity index (χ1) is 15.8. The molecule has 6 nitrogen and oxygen atoms in total. The molecule has 1 atom stereocenters. The van der Waals surface area contributed by atoms with Crippen LogP contribution in [-0.2, 0) is 14.8 Å². The molecule has 1 heterocycles.